The van der Waals surface area contributed by atoms with Crippen molar-refractivity contribution >= 4 is 11.6 Å². The minimum Gasteiger partial charge on any atom is -0.493 e. The van der Waals surface area contributed by atoms with Crippen LogP contribution in [0, 0.1) is 0 Å². The summed E-state index contributed by atoms with van der Waals surface area (Å²) in [4.78, 5) is 11.2. The van der Waals surface area contributed by atoms with Crippen molar-refractivity contribution in [2.75, 3.05) is 19.5 Å². The van der Waals surface area contributed by atoms with E-state index in [0.29, 0.717) is 30.0 Å². The second-order valence-corrected chi connectivity index (χ2v) is 4.68. The fraction of sp³-hybridized carbons (Fsp3) is 0.462. The van der Waals surface area contributed by atoms with E-state index in [1.165, 1.54) is 0 Å². The van der Waals surface area contributed by atoms with Crippen LogP contribution >= 0.6 is 0 Å². The van der Waals surface area contributed by atoms with Crippen LogP contribution in [0.3, 0.4) is 0 Å². The van der Waals surface area contributed by atoms with Gasteiger partial charge in [0, 0.05) is 25.3 Å². The number of primary amides is 1. The lowest BCUT2D eigenvalue weighted by Gasteiger charge is -2.23. The number of hydrogen-bond acceptors (Lipinski definition) is 4. The SMILES string of the molecule is COC(C)(C)CCOc1cc(N)ccc1C(N)=O. The molecule has 0 aliphatic carbocycles. The molecule has 0 radical (unpaired) electrons. The van der Waals surface area contributed by atoms with E-state index >= 15 is 0 Å². The Morgan fingerprint density at radius 2 is 2.06 bits per heavy atom. The summed E-state index contributed by atoms with van der Waals surface area (Å²) in [5.74, 6) is -0.120. The molecule has 5 heteroatoms. The van der Waals surface area contributed by atoms with Gasteiger partial charge in [-0.25, -0.2) is 0 Å². The van der Waals surface area contributed by atoms with Gasteiger partial charge in [-0.3, -0.25) is 4.79 Å². The number of rotatable bonds is 6. The van der Waals surface area contributed by atoms with Crippen LogP contribution in [0.15, 0.2) is 18.2 Å². The molecule has 0 saturated carbocycles. The highest BCUT2D eigenvalue weighted by Crippen LogP contribution is 2.22. The van der Waals surface area contributed by atoms with Crippen LogP contribution in [0.1, 0.15) is 30.6 Å². The van der Waals surface area contributed by atoms with E-state index in [2.05, 4.69) is 0 Å². The van der Waals surface area contributed by atoms with Gasteiger partial charge in [0.2, 0.25) is 0 Å². The van der Waals surface area contributed by atoms with Crippen molar-refractivity contribution in [3.05, 3.63) is 23.8 Å². The van der Waals surface area contributed by atoms with Crippen LogP contribution in [0.5, 0.6) is 5.75 Å². The van der Waals surface area contributed by atoms with Crippen LogP contribution < -0.4 is 16.2 Å². The van der Waals surface area contributed by atoms with Gasteiger partial charge in [0.15, 0.2) is 0 Å². The van der Waals surface area contributed by atoms with Crippen LogP contribution in [-0.2, 0) is 4.74 Å². The molecule has 0 aromatic heterocycles. The first-order valence-electron chi connectivity index (χ1n) is 5.73. The molecule has 0 spiro atoms. The molecule has 1 aromatic carbocycles. The van der Waals surface area contributed by atoms with Crippen LogP contribution in [0.25, 0.3) is 0 Å². The number of hydrogen-bond donors (Lipinski definition) is 2. The highest BCUT2D eigenvalue weighted by Gasteiger charge is 2.17. The third-order valence-electron chi connectivity index (χ3n) is 2.79. The van der Waals surface area contributed by atoms with Gasteiger partial charge < -0.3 is 20.9 Å². The van der Waals surface area contributed by atoms with Crippen molar-refractivity contribution in [3.8, 4) is 5.75 Å². The Bertz CT molecular complexity index is 430. The van der Waals surface area contributed by atoms with Crippen LogP contribution in [0.2, 0.25) is 0 Å². The Balaban J connectivity index is 2.72. The number of benzene rings is 1. The zero-order valence-electron chi connectivity index (χ0n) is 11.0. The summed E-state index contributed by atoms with van der Waals surface area (Å²) in [5, 5.41) is 0. The molecule has 100 valence electrons. The van der Waals surface area contributed by atoms with E-state index in [4.69, 9.17) is 20.9 Å². The van der Waals surface area contributed by atoms with Crippen molar-refractivity contribution in [1.82, 2.24) is 0 Å². The van der Waals surface area contributed by atoms with Gasteiger partial charge in [-0.15, -0.1) is 0 Å². The standard InChI is InChI=1S/C13H20N2O3/c1-13(2,17-3)6-7-18-11-8-9(14)4-5-10(11)12(15)16/h4-5,8H,6-7,14H2,1-3H3,(H2,15,16). The first kappa shape index (κ1) is 14.3. The summed E-state index contributed by atoms with van der Waals surface area (Å²) in [6, 6.07) is 4.78. The van der Waals surface area contributed by atoms with Gasteiger partial charge in [0.05, 0.1) is 17.8 Å². The summed E-state index contributed by atoms with van der Waals surface area (Å²) in [6.45, 7) is 4.35. The van der Waals surface area contributed by atoms with E-state index < -0.39 is 5.91 Å². The highest BCUT2D eigenvalue weighted by atomic mass is 16.5. The van der Waals surface area contributed by atoms with Gasteiger partial charge in [0.25, 0.3) is 5.91 Å². The molecule has 0 unspecified atom stereocenters. The molecule has 4 N–H and O–H groups in total. The van der Waals surface area contributed by atoms with Gasteiger partial charge in [-0.05, 0) is 26.0 Å². The predicted octanol–water partition coefficient (Wildman–Crippen LogP) is 1.56. The molecule has 0 aliphatic rings. The maximum Gasteiger partial charge on any atom is 0.252 e. The molecule has 0 saturated heterocycles. The minimum absolute atomic E-state index is 0.271. The van der Waals surface area contributed by atoms with Gasteiger partial charge in [-0.2, -0.15) is 0 Å². The number of methoxy groups -OCH3 is 1. The lowest BCUT2D eigenvalue weighted by atomic mass is 10.1. The normalized spacial score (nSPS) is 11.3. The fourth-order valence-electron chi connectivity index (χ4n) is 1.37. The number of carbonyl (C=O) groups excluding carboxylic acids is 1. The topological polar surface area (TPSA) is 87.6 Å². The third kappa shape index (κ3) is 3.92. The highest BCUT2D eigenvalue weighted by molar-refractivity contribution is 5.96. The summed E-state index contributed by atoms with van der Waals surface area (Å²) in [5.41, 5.74) is 11.5. The molecule has 5 nitrogen and oxygen atoms in total. The average Bonchev–Trinajstić information content (AvgIpc) is 2.28. The van der Waals surface area contributed by atoms with Crippen molar-refractivity contribution in [3.63, 3.8) is 0 Å². The molecule has 18 heavy (non-hydrogen) atoms. The van der Waals surface area contributed by atoms with Gasteiger partial charge in [-0.1, -0.05) is 0 Å². The molecule has 0 bridgehead atoms. The van der Waals surface area contributed by atoms with E-state index in [1.54, 1.807) is 25.3 Å². The lowest BCUT2D eigenvalue weighted by molar-refractivity contribution is 0.00542. The number of amides is 1. The average molecular weight is 252 g/mol. The van der Waals surface area contributed by atoms with Crippen molar-refractivity contribution < 1.29 is 14.3 Å². The maximum absolute atomic E-state index is 11.2. The number of ether oxygens (including phenoxy) is 2. The molecule has 0 aliphatic heterocycles. The molecular formula is C13H20N2O3. The minimum atomic E-state index is -0.531. The largest absolute Gasteiger partial charge is 0.493 e. The van der Waals surface area contributed by atoms with E-state index in [0.717, 1.165) is 0 Å². The molecule has 0 fully saturated rings. The number of nitrogens with two attached hydrogens (primary N) is 2. The number of carbonyl (C=O) groups is 1. The Hall–Kier alpha value is -1.75. The zero-order chi connectivity index (χ0) is 13.8. The Morgan fingerprint density at radius 1 is 1.39 bits per heavy atom. The Morgan fingerprint density at radius 3 is 2.61 bits per heavy atom. The first-order chi connectivity index (χ1) is 8.35. The van der Waals surface area contributed by atoms with E-state index in [9.17, 15) is 4.79 Å². The summed E-state index contributed by atoms with van der Waals surface area (Å²) in [7, 11) is 1.65. The third-order valence-corrected chi connectivity index (χ3v) is 2.79. The summed E-state index contributed by atoms with van der Waals surface area (Å²) >= 11 is 0. The summed E-state index contributed by atoms with van der Waals surface area (Å²) < 4.78 is 10.8. The Labute approximate surface area is 107 Å². The maximum atomic E-state index is 11.2. The van der Waals surface area contributed by atoms with Gasteiger partial charge in [0.1, 0.15) is 5.75 Å². The molecule has 1 aromatic rings. The first-order valence-corrected chi connectivity index (χ1v) is 5.73. The van der Waals surface area contributed by atoms with Gasteiger partial charge >= 0.3 is 0 Å². The quantitative estimate of drug-likeness (QED) is 0.752. The number of anilines is 1. The molecule has 1 rings (SSSR count). The van der Waals surface area contributed by atoms with E-state index in [-0.39, 0.29) is 5.60 Å². The number of nitrogen functional groups attached to an aromatic ring is 1. The van der Waals surface area contributed by atoms with Crippen LogP contribution in [0.4, 0.5) is 5.69 Å². The molecule has 0 atom stereocenters. The van der Waals surface area contributed by atoms with Crippen molar-refractivity contribution in [2.24, 2.45) is 5.73 Å². The Kier molecular flexibility index (Phi) is 4.55. The monoisotopic (exact) mass is 252 g/mol. The summed E-state index contributed by atoms with van der Waals surface area (Å²) in [6.07, 6.45) is 0.691. The van der Waals surface area contributed by atoms with Crippen molar-refractivity contribution in [2.45, 2.75) is 25.9 Å². The molecule has 0 heterocycles. The molecule has 1 amide bonds. The fourth-order valence-corrected chi connectivity index (χ4v) is 1.37. The van der Waals surface area contributed by atoms with Crippen LogP contribution in [-0.4, -0.2) is 25.2 Å². The predicted molar refractivity (Wildman–Crippen MR) is 70.6 cm³/mol. The second-order valence-electron chi connectivity index (χ2n) is 4.68. The zero-order valence-corrected chi connectivity index (χ0v) is 11.0. The smallest absolute Gasteiger partial charge is 0.252 e. The second kappa shape index (κ2) is 5.73. The van der Waals surface area contributed by atoms with E-state index in [1.807, 2.05) is 13.8 Å². The molecular weight excluding hydrogens is 232 g/mol. The lowest BCUT2D eigenvalue weighted by Crippen LogP contribution is -2.25. The van der Waals surface area contributed by atoms with Crippen molar-refractivity contribution in [1.29, 1.82) is 0 Å².